The molecule has 0 spiro atoms. The first kappa shape index (κ1) is 16.0. The van der Waals surface area contributed by atoms with Crippen LogP contribution in [0, 0.1) is 5.92 Å². The third-order valence-corrected chi connectivity index (χ3v) is 4.49. The van der Waals surface area contributed by atoms with Crippen LogP contribution in [0.25, 0.3) is 0 Å². The van der Waals surface area contributed by atoms with Gasteiger partial charge in [0.2, 0.25) is 5.91 Å². The molecule has 126 valence electrons. The van der Waals surface area contributed by atoms with Gasteiger partial charge in [-0.25, -0.2) is 0 Å². The van der Waals surface area contributed by atoms with Crippen molar-refractivity contribution in [1.82, 2.24) is 15.1 Å². The summed E-state index contributed by atoms with van der Waals surface area (Å²) in [6, 6.07) is 8.04. The molecule has 2 aromatic rings. The van der Waals surface area contributed by atoms with E-state index in [9.17, 15) is 14.4 Å². The second-order valence-corrected chi connectivity index (χ2v) is 6.08. The van der Waals surface area contributed by atoms with Gasteiger partial charge in [0, 0.05) is 18.3 Å². The molecule has 0 radical (unpaired) electrons. The van der Waals surface area contributed by atoms with Crippen molar-refractivity contribution in [1.29, 1.82) is 0 Å². The first-order chi connectivity index (χ1) is 11.5. The third kappa shape index (κ3) is 2.84. The Morgan fingerprint density at radius 3 is 2.71 bits per heavy atom. The number of aromatic amines is 2. The number of nitrogens with one attached hydrogen (secondary N) is 3. The molecule has 2 atom stereocenters. The number of carbonyl (C=O) groups excluding carboxylic acids is 2. The van der Waals surface area contributed by atoms with Gasteiger partial charge < -0.3 is 10.2 Å². The van der Waals surface area contributed by atoms with Gasteiger partial charge in [0.15, 0.2) is 0 Å². The van der Waals surface area contributed by atoms with Crippen molar-refractivity contribution in [2.45, 2.75) is 32.9 Å². The lowest BCUT2D eigenvalue weighted by molar-refractivity contribution is -0.122. The predicted octanol–water partition coefficient (Wildman–Crippen LogP) is 1.71. The Bertz CT molecular complexity index is 823. The number of para-hydroxylation sites is 1. The zero-order valence-electron chi connectivity index (χ0n) is 13.6. The van der Waals surface area contributed by atoms with E-state index in [0.29, 0.717) is 12.2 Å². The lowest BCUT2D eigenvalue weighted by Gasteiger charge is -2.32. The van der Waals surface area contributed by atoms with Gasteiger partial charge in [-0.05, 0) is 17.5 Å². The van der Waals surface area contributed by atoms with Crippen molar-refractivity contribution in [3.63, 3.8) is 0 Å². The Kier molecular flexibility index (Phi) is 4.24. The molecule has 1 aliphatic rings. The molecule has 3 N–H and O–H groups in total. The molecule has 1 aliphatic heterocycles. The number of rotatable bonds is 3. The van der Waals surface area contributed by atoms with E-state index in [1.807, 2.05) is 38.1 Å². The summed E-state index contributed by atoms with van der Waals surface area (Å²) in [5, 5.41) is 7.86. The zero-order valence-corrected chi connectivity index (χ0v) is 13.6. The number of hydrogen-bond acceptors (Lipinski definition) is 3. The van der Waals surface area contributed by atoms with Gasteiger partial charge in [-0.1, -0.05) is 38.5 Å². The Morgan fingerprint density at radius 2 is 2.04 bits per heavy atom. The maximum Gasteiger partial charge on any atom is 0.272 e. The highest BCUT2D eigenvalue weighted by molar-refractivity contribution is 6.02. The second-order valence-electron chi connectivity index (χ2n) is 6.08. The normalized spacial score (nSPS) is 18.5. The van der Waals surface area contributed by atoms with Crippen LogP contribution >= 0.6 is 0 Å². The van der Waals surface area contributed by atoms with Crippen LogP contribution in [0.2, 0.25) is 0 Å². The molecule has 2 amide bonds. The number of carbonyl (C=O) groups is 2. The van der Waals surface area contributed by atoms with Crippen molar-refractivity contribution in [3.8, 4) is 0 Å². The number of amides is 2. The first-order valence-electron chi connectivity index (χ1n) is 7.98. The number of nitrogens with zero attached hydrogens (tertiary/aromatic N) is 1. The van der Waals surface area contributed by atoms with Crippen molar-refractivity contribution >= 4 is 17.5 Å². The molecule has 0 aliphatic carbocycles. The number of aromatic nitrogens is 2. The van der Waals surface area contributed by atoms with Gasteiger partial charge >= 0.3 is 0 Å². The lowest BCUT2D eigenvalue weighted by atomic mass is 9.96. The van der Waals surface area contributed by atoms with Crippen molar-refractivity contribution in [2.75, 3.05) is 5.32 Å². The SMILES string of the molecule is CCC(C)C1C(=O)Nc2ccccc2CN1C(=O)c1cc(=O)[nH][nH]1. The fourth-order valence-corrected chi connectivity index (χ4v) is 3.00. The average Bonchev–Trinajstić information content (AvgIpc) is 2.94. The van der Waals surface area contributed by atoms with Crippen LogP contribution in [0.1, 0.15) is 36.3 Å². The highest BCUT2D eigenvalue weighted by Crippen LogP contribution is 2.28. The summed E-state index contributed by atoms with van der Waals surface area (Å²) in [5.41, 5.74) is 1.36. The van der Waals surface area contributed by atoms with Gasteiger partial charge in [0.1, 0.15) is 11.7 Å². The maximum absolute atomic E-state index is 12.9. The molecule has 1 aromatic heterocycles. The molecule has 0 saturated heterocycles. The molecule has 3 rings (SSSR count). The van der Waals surface area contributed by atoms with Crippen LogP contribution in [-0.2, 0) is 11.3 Å². The Balaban J connectivity index is 2.05. The number of H-pyrrole nitrogens is 2. The standard InChI is InChI=1S/C17H20N4O3/c1-3-10(2)15-16(23)18-12-7-5-4-6-11(12)9-21(15)17(24)13-8-14(22)20-19-13/h4-8,10,15H,3,9H2,1-2H3,(H,18,23)(H2,19,20,22). The minimum absolute atomic E-state index is 0.0195. The quantitative estimate of drug-likeness (QED) is 0.800. The molecule has 0 fully saturated rings. The largest absolute Gasteiger partial charge is 0.324 e. The van der Waals surface area contributed by atoms with Crippen LogP contribution in [0.3, 0.4) is 0 Å². The Labute approximate surface area is 139 Å². The Morgan fingerprint density at radius 1 is 1.29 bits per heavy atom. The fraction of sp³-hybridized carbons (Fsp3) is 0.353. The van der Waals surface area contributed by atoms with E-state index < -0.39 is 6.04 Å². The predicted molar refractivity (Wildman–Crippen MR) is 89.6 cm³/mol. The van der Waals surface area contributed by atoms with Gasteiger partial charge in [-0.15, -0.1) is 0 Å². The van der Waals surface area contributed by atoms with Crippen LogP contribution in [-0.4, -0.2) is 33.0 Å². The summed E-state index contributed by atoms with van der Waals surface area (Å²) in [6.45, 7) is 4.23. The van der Waals surface area contributed by atoms with E-state index in [2.05, 4.69) is 15.5 Å². The number of fused-ring (bicyclic) bond motifs is 1. The zero-order chi connectivity index (χ0) is 17.3. The smallest absolute Gasteiger partial charge is 0.272 e. The summed E-state index contributed by atoms with van der Waals surface area (Å²) in [7, 11) is 0. The van der Waals surface area contributed by atoms with E-state index in [0.717, 1.165) is 12.0 Å². The van der Waals surface area contributed by atoms with Crippen molar-refractivity contribution in [3.05, 3.63) is 51.9 Å². The van der Waals surface area contributed by atoms with E-state index >= 15 is 0 Å². The van der Waals surface area contributed by atoms with Crippen LogP contribution in [0.5, 0.6) is 0 Å². The molecular formula is C17H20N4O3. The van der Waals surface area contributed by atoms with Crippen LogP contribution in [0.15, 0.2) is 35.1 Å². The highest BCUT2D eigenvalue weighted by atomic mass is 16.2. The molecular weight excluding hydrogens is 308 g/mol. The minimum atomic E-state index is -0.603. The number of hydrogen-bond donors (Lipinski definition) is 3. The van der Waals surface area contributed by atoms with E-state index in [1.165, 1.54) is 11.0 Å². The van der Waals surface area contributed by atoms with Crippen LogP contribution < -0.4 is 10.9 Å². The van der Waals surface area contributed by atoms with E-state index in [1.54, 1.807) is 0 Å². The van der Waals surface area contributed by atoms with Crippen molar-refractivity contribution < 1.29 is 9.59 Å². The van der Waals surface area contributed by atoms with E-state index in [4.69, 9.17) is 0 Å². The molecule has 24 heavy (non-hydrogen) atoms. The number of benzene rings is 1. The maximum atomic E-state index is 12.9. The summed E-state index contributed by atoms with van der Waals surface area (Å²) in [6.07, 6.45) is 0.752. The monoisotopic (exact) mass is 328 g/mol. The lowest BCUT2D eigenvalue weighted by Crippen LogP contribution is -2.49. The first-order valence-corrected chi connectivity index (χ1v) is 7.98. The van der Waals surface area contributed by atoms with Gasteiger partial charge in [0.25, 0.3) is 11.5 Å². The summed E-state index contributed by atoms with van der Waals surface area (Å²) in [5.74, 6) is -0.597. The molecule has 0 saturated carbocycles. The second kappa shape index (κ2) is 6.35. The summed E-state index contributed by atoms with van der Waals surface area (Å²) in [4.78, 5) is 38.5. The molecule has 0 bridgehead atoms. The van der Waals surface area contributed by atoms with E-state index in [-0.39, 0.29) is 29.0 Å². The third-order valence-electron chi connectivity index (χ3n) is 4.49. The highest BCUT2D eigenvalue weighted by Gasteiger charge is 2.37. The summed E-state index contributed by atoms with van der Waals surface area (Å²) < 4.78 is 0. The van der Waals surface area contributed by atoms with Gasteiger partial charge in [0.05, 0.1) is 0 Å². The van der Waals surface area contributed by atoms with Crippen LogP contribution in [0.4, 0.5) is 5.69 Å². The summed E-state index contributed by atoms with van der Waals surface area (Å²) >= 11 is 0. The molecule has 1 aromatic carbocycles. The number of anilines is 1. The van der Waals surface area contributed by atoms with Gasteiger partial charge in [-0.2, -0.15) is 0 Å². The fourth-order valence-electron chi connectivity index (χ4n) is 3.00. The molecule has 2 unspecified atom stereocenters. The topological polar surface area (TPSA) is 98.1 Å². The molecule has 7 nitrogen and oxygen atoms in total. The Hall–Kier alpha value is -2.83. The average molecular weight is 328 g/mol. The van der Waals surface area contributed by atoms with Crippen molar-refractivity contribution in [2.24, 2.45) is 5.92 Å². The minimum Gasteiger partial charge on any atom is -0.324 e. The van der Waals surface area contributed by atoms with Gasteiger partial charge in [-0.3, -0.25) is 24.6 Å². The molecule has 2 heterocycles. The molecule has 7 heteroatoms.